The van der Waals surface area contributed by atoms with E-state index in [0.717, 1.165) is 12.0 Å². The summed E-state index contributed by atoms with van der Waals surface area (Å²) < 4.78 is 4.97. The number of halogens is 1. The smallest absolute Gasteiger partial charge is 0.406 e. The maximum atomic E-state index is 10.8. The summed E-state index contributed by atoms with van der Waals surface area (Å²) in [5.41, 5.74) is 5.74. The molecule has 1 rings (SSSR count). The lowest BCUT2D eigenvalue weighted by Crippen LogP contribution is -2.29. The second-order valence-corrected chi connectivity index (χ2v) is 3.88. The predicted molar refractivity (Wildman–Crippen MR) is 59.5 cm³/mol. The van der Waals surface area contributed by atoms with Gasteiger partial charge in [0.25, 0.3) is 0 Å². The molecular formula is C11H14ClNO2. The minimum absolute atomic E-state index is 0.529. The molecule has 0 fully saturated rings. The molecule has 0 bridgehead atoms. The number of hydrogen-bond donors (Lipinski definition) is 1. The molecule has 3 nitrogen and oxygen atoms in total. The molecule has 0 saturated heterocycles. The van der Waals surface area contributed by atoms with Gasteiger partial charge in [0.2, 0.25) is 5.06 Å². The van der Waals surface area contributed by atoms with E-state index in [9.17, 15) is 4.79 Å². The van der Waals surface area contributed by atoms with Crippen molar-refractivity contribution in [2.75, 3.05) is 0 Å². The molecule has 2 N–H and O–H groups in total. The first-order chi connectivity index (χ1) is 7.08. The van der Waals surface area contributed by atoms with E-state index in [1.807, 2.05) is 37.3 Å². The molecule has 0 spiro atoms. The van der Waals surface area contributed by atoms with Crippen LogP contribution in [0.4, 0.5) is 4.79 Å². The van der Waals surface area contributed by atoms with Gasteiger partial charge in [0, 0.05) is 12.0 Å². The van der Waals surface area contributed by atoms with Gasteiger partial charge in [0.1, 0.15) is 0 Å². The van der Waals surface area contributed by atoms with E-state index in [4.69, 9.17) is 22.1 Å². The normalized spacial score (nSPS) is 14.3. The van der Waals surface area contributed by atoms with E-state index in [1.54, 1.807) is 0 Å². The number of primary amides is 1. The van der Waals surface area contributed by atoms with Crippen LogP contribution in [0.25, 0.3) is 0 Å². The number of rotatable bonds is 4. The van der Waals surface area contributed by atoms with Crippen LogP contribution in [0.15, 0.2) is 30.3 Å². The second kappa shape index (κ2) is 5.03. The van der Waals surface area contributed by atoms with Crippen molar-refractivity contribution in [3.63, 3.8) is 0 Å². The molecule has 0 saturated carbocycles. The first kappa shape index (κ1) is 11.9. The van der Waals surface area contributed by atoms with Crippen molar-refractivity contribution in [1.82, 2.24) is 0 Å². The van der Waals surface area contributed by atoms with Crippen LogP contribution >= 0.6 is 11.6 Å². The van der Waals surface area contributed by atoms with Crippen molar-refractivity contribution in [2.45, 2.75) is 24.8 Å². The summed E-state index contributed by atoms with van der Waals surface area (Å²) in [6, 6.07) is 9.17. The van der Waals surface area contributed by atoms with Crippen LogP contribution in [-0.4, -0.2) is 6.09 Å². The average Bonchev–Trinajstić information content (AvgIpc) is 2.18. The Balaban J connectivity index is 2.95. The standard InChI is InChI=1S/C11H14ClNO2/c1-2-8-11(12,15-10(13)14)9-6-4-3-5-7-9/h3-7H,2,8H2,1H3,(H2,13,14). The van der Waals surface area contributed by atoms with Crippen molar-refractivity contribution >= 4 is 17.7 Å². The van der Waals surface area contributed by atoms with Gasteiger partial charge in [0.15, 0.2) is 0 Å². The average molecular weight is 228 g/mol. The van der Waals surface area contributed by atoms with Gasteiger partial charge in [-0.05, 0) is 0 Å². The van der Waals surface area contributed by atoms with Crippen molar-refractivity contribution in [3.05, 3.63) is 35.9 Å². The molecule has 0 aromatic heterocycles. The van der Waals surface area contributed by atoms with Crippen molar-refractivity contribution in [1.29, 1.82) is 0 Å². The van der Waals surface area contributed by atoms with Crippen molar-refractivity contribution in [3.8, 4) is 0 Å². The number of carbonyl (C=O) groups is 1. The van der Waals surface area contributed by atoms with Crippen molar-refractivity contribution in [2.24, 2.45) is 5.73 Å². The Labute approximate surface area is 94.2 Å². The van der Waals surface area contributed by atoms with E-state index in [-0.39, 0.29) is 0 Å². The highest BCUT2D eigenvalue weighted by Gasteiger charge is 2.32. The van der Waals surface area contributed by atoms with Crippen LogP contribution in [0.1, 0.15) is 25.3 Å². The lowest BCUT2D eigenvalue weighted by atomic mass is 10.0. The maximum Gasteiger partial charge on any atom is 0.406 e. The van der Waals surface area contributed by atoms with Crippen molar-refractivity contribution < 1.29 is 9.53 Å². The zero-order valence-electron chi connectivity index (χ0n) is 8.57. The molecule has 1 atom stereocenters. The quantitative estimate of drug-likeness (QED) is 0.804. The largest absolute Gasteiger partial charge is 0.423 e. The highest BCUT2D eigenvalue weighted by Crippen LogP contribution is 2.35. The van der Waals surface area contributed by atoms with Crippen LogP contribution in [0.5, 0.6) is 0 Å². The molecule has 4 heteroatoms. The van der Waals surface area contributed by atoms with Crippen LogP contribution < -0.4 is 5.73 Å². The molecule has 0 aliphatic carbocycles. The zero-order valence-corrected chi connectivity index (χ0v) is 9.33. The van der Waals surface area contributed by atoms with Gasteiger partial charge in [-0.25, -0.2) is 4.79 Å². The van der Waals surface area contributed by atoms with Gasteiger partial charge in [-0.3, -0.25) is 0 Å². The fraction of sp³-hybridized carbons (Fsp3) is 0.364. The van der Waals surface area contributed by atoms with Crippen LogP contribution in [0.3, 0.4) is 0 Å². The van der Waals surface area contributed by atoms with Gasteiger partial charge >= 0.3 is 6.09 Å². The Kier molecular flexibility index (Phi) is 3.97. The van der Waals surface area contributed by atoms with E-state index >= 15 is 0 Å². The summed E-state index contributed by atoms with van der Waals surface area (Å²) in [6.45, 7) is 1.96. The van der Waals surface area contributed by atoms with E-state index in [2.05, 4.69) is 0 Å². The third kappa shape index (κ3) is 3.13. The number of nitrogens with two attached hydrogens (primary N) is 1. The Morgan fingerprint density at radius 2 is 2.07 bits per heavy atom. The minimum atomic E-state index is -1.14. The molecule has 1 unspecified atom stereocenters. The molecule has 82 valence electrons. The summed E-state index contributed by atoms with van der Waals surface area (Å²) in [5, 5.41) is -1.14. The number of alkyl halides is 1. The maximum absolute atomic E-state index is 10.8. The Morgan fingerprint density at radius 1 is 1.47 bits per heavy atom. The molecule has 1 amide bonds. The SMILES string of the molecule is CCCC(Cl)(OC(N)=O)c1ccccc1. The number of hydrogen-bond acceptors (Lipinski definition) is 2. The monoisotopic (exact) mass is 227 g/mol. The van der Waals surface area contributed by atoms with Gasteiger partial charge in [-0.15, -0.1) is 0 Å². The van der Waals surface area contributed by atoms with E-state index in [1.165, 1.54) is 0 Å². The molecular weight excluding hydrogens is 214 g/mol. The Bertz CT molecular complexity index is 329. The molecule has 0 aliphatic heterocycles. The third-order valence-electron chi connectivity index (χ3n) is 2.04. The van der Waals surface area contributed by atoms with Gasteiger partial charge in [0.05, 0.1) is 0 Å². The summed E-state index contributed by atoms with van der Waals surface area (Å²) in [7, 11) is 0. The summed E-state index contributed by atoms with van der Waals surface area (Å²) in [6.07, 6.45) is 0.468. The van der Waals surface area contributed by atoms with Gasteiger partial charge in [-0.2, -0.15) is 0 Å². The Hall–Kier alpha value is -1.22. The highest BCUT2D eigenvalue weighted by molar-refractivity contribution is 6.23. The predicted octanol–water partition coefficient (Wildman–Crippen LogP) is 2.97. The molecule has 0 aliphatic rings. The zero-order chi connectivity index (χ0) is 11.3. The second-order valence-electron chi connectivity index (χ2n) is 3.27. The number of ether oxygens (including phenoxy) is 1. The number of benzene rings is 1. The fourth-order valence-electron chi connectivity index (χ4n) is 1.42. The van der Waals surface area contributed by atoms with Gasteiger partial charge in [-0.1, -0.05) is 55.3 Å². The van der Waals surface area contributed by atoms with Gasteiger partial charge < -0.3 is 10.5 Å². The van der Waals surface area contributed by atoms with E-state index in [0.29, 0.717) is 6.42 Å². The minimum Gasteiger partial charge on any atom is -0.423 e. The lowest BCUT2D eigenvalue weighted by molar-refractivity contribution is 0.0705. The first-order valence-corrected chi connectivity index (χ1v) is 5.19. The molecule has 0 heterocycles. The van der Waals surface area contributed by atoms with E-state index < -0.39 is 11.2 Å². The Morgan fingerprint density at radius 3 is 2.53 bits per heavy atom. The molecule has 0 radical (unpaired) electrons. The lowest BCUT2D eigenvalue weighted by Gasteiger charge is -2.26. The molecule has 15 heavy (non-hydrogen) atoms. The summed E-state index contributed by atoms with van der Waals surface area (Å²) in [5.74, 6) is 0. The number of carbonyl (C=O) groups excluding carboxylic acids is 1. The summed E-state index contributed by atoms with van der Waals surface area (Å²) in [4.78, 5) is 10.8. The third-order valence-corrected chi connectivity index (χ3v) is 2.52. The highest BCUT2D eigenvalue weighted by atomic mass is 35.5. The van der Waals surface area contributed by atoms with Crippen LogP contribution in [-0.2, 0) is 9.80 Å². The topological polar surface area (TPSA) is 52.3 Å². The fourth-order valence-corrected chi connectivity index (χ4v) is 1.81. The van der Waals surface area contributed by atoms with Crippen LogP contribution in [0.2, 0.25) is 0 Å². The molecule has 1 aromatic carbocycles. The first-order valence-electron chi connectivity index (χ1n) is 4.81. The number of amides is 1. The molecule has 1 aromatic rings. The van der Waals surface area contributed by atoms with Crippen LogP contribution in [0, 0.1) is 0 Å². The summed E-state index contributed by atoms with van der Waals surface area (Å²) >= 11 is 6.24.